The summed E-state index contributed by atoms with van der Waals surface area (Å²) in [5.41, 5.74) is 0. The molecule has 1 aliphatic heterocycles. The van der Waals surface area contributed by atoms with Crippen molar-refractivity contribution in [3.8, 4) is 0 Å². The Bertz CT molecular complexity index is 353. The molecule has 1 aromatic rings. The molecule has 0 bridgehead atoms. The summed E-state index contributed by atoms with van der Waals surface area (Å²) in [6.07, 6.45) is 5.75. The molecule has 1 aliphatic rings. The van der Waals surface area contributed by atoms with Crippen molar-refractivity contribution in [2.24, 2.45) is 5.92 Å². The molecule has 0 spiro atoms. The summed E-state index contributed by atoms with van der Waals surface area (Å²) in [7, 11) is 2.20. The van der Waals surface area contributed by atoms with E-state index < -0.39 is 0 Å². The second kappa shape index (κ2) is 6.73. The lowest BCUT2D eigenvalue weighted by molar-refractivity contribution is 0.205. The first-order chi connectivity index (χ1) is 8.78. The van der Waals surface area contributed by atoms with Gasteiger partial charge >= 0.3 is 0 Å². The van der Waals surface area contributed by atoms with E-state index in [1.165, 1.54) is 32.4 Å². The number of rotatable bonds is 6. The van der Waals surface area contributed by atoms with Crippen LogP contribution in [-0.2, 0) is 6.42 Å². The Morgan fingerprint density at radius 1 is 1.50 bits per heavy atom. The predicted molar refractivity (Wildman–Crippen MR) is 71.6 cm³/mol. The highest BCUT2D eigenvalue weighted by Crippen LogP contribution is 2.18. The van der Waals surface area contributed by atoms with Gasteiger partial charge in [0.05, 0.1) is 0 Å². The van der Waals surface area contributed by atoms with Crippen LogP contribution in [0.2, 0.25) is 0 Å². The number of nitrogens with one attached hydrogen (secondary N) is 1. The fourth-order valence-corrected chi connectivity index (χ4v) is 2.54. The van der Waals surface area contributed by atoms with Gasteiger partial charge in [-0.05, 0) is 50.4 Å². The third kappa shape index (κ3) is 3.98. The van der Waals surface area contributed by atoms with Gasteiger partial charge in [0.25, 0.3) is 5.95 Å². The molecule has 1 atom stereocenters. The second-order valence-electron chi connectivity index (χ2n) is 5.25. The summed E-state index contributed by atoms with van der Waals surface area (Å²) < 4.78 is 5.13. The molecule has 0 aliphatic carbocycles. The van der Waals surface area contributed by atoms with E-state index >= 15 is 0 Å². The standard InChI is InChI=1S/C13H24N4O/c1-3-5-12-15-13(16-18-12)14-8-7-11-6-4-9-17(2)10-11/h11H,3-10H2,1-2H3,(H,14,16)/t11-/m1/s1. The van der Waals surface area contributed by atoms with Crippen molar-refractivity contribution in [3.05, 3.63) is 5.89 Å². The number of anilines is 1. The third-order valence-electron chi connectivity index (χ3n) is 3.49. The van der Waals surface area contributed by atoms with Crippen molar-refractivity contribution >= 4 is 5.95 Å². The van der Waals surface area contributed by atoms with Gasteiger partial charge in [0.2, 0.25) is 5.89 Å². The maximum Gasteiger partial charge on any atom is 0.263 e. The average molecular weight is 252 g/mol. The highest BCUT2D eigenvalue weighted by Gasteiger charge is 2.16. The van der Waals surface area contributed by atoms with Crippen molar-refractivity contribution in [1.29, 1.82) is 0 Å². The molecular weight excluding hydrogens is 228 g/mol. The normalized spacial score (nSPS) is 21.1. The van der Waals surface area contributed by atoms with Crippen LogP contribution in [0, 0.1) is 5.92 Å². The smallest absolute Gasteiger partial charge is 0.263 e. The lowest BCUT2D eigenvalue weighted by Crippen LogP contribution is -2.32. The minimum atomic E-state index is 0.641. The Labute approximate surface area is 109 Å². The number of hydrogen-bond acceptors (Lipinski definition) is 5. The number of aromatic nitrogens is 2. The SMILES string of the molecule is CCCc1nc(NCC[C@H]2CCCN(C)C2)no1. The molecule has 1 saturated heterocycles. The Morgan fingerprint density at radius 3 is 3.17 bits per heavy atom. The van der Waals surface area contributed by atoms with E-state index in [0.717, 1.165) is 31.2 Å². The summed E-state index contributed by atoms with van der Waals surface area (Å²) >= 11 is 0. The highest BCUT2D eigenvalue weighted by atomic mass is 16.5. The summed E-state index contributed by atoms with van der Waals surface area (Å²) in [6, 6.07) is 0. The Hall–Kier alpha value is -1.10. The molecule has 102 valence electrons. The maximum atomic E-state index is 5.13. The zero-order chi connectivity index (χ0) is 12.8. The van der Waals surface area contributed by atoms with Gasteiger partial charge in [-0.15, -0.1) is 0 Å². The van der Waals surface area contributed by atoms with E-state index in [-0.39, 0.29) is 0 Å². The van der Waals surface area contributed by atoms with Crippen LogP contribution in [-0.4, -0.2) is 41.7 Å². The van der Waals surface area contributed by atoms with Gasteiger partial charge in [0.1, 0.15) is 0 Å². The molecule has 1 N–H and O–H groups in total. The van der Waals surface area contributed by atoms with Crippen molar-refractivity contribution < 1.29 is 4.52 Å². The first-order valence-electron chi connectivity index (χ1n) is 7.03. The summed E-state index contributed by atoms with van der Waals surface area (Å²) in [5.74, 6) is 2.18. The fourth-order valence-electron chi connectivity index (χ4n) is 2.54. The van der Waals surface area contributed by atoms with Gasteiger partial charge in [-0.3, -0.25) is 0 Å². The van der Waals surface area contributed by atoms with Gasteiger partial charge in [-0.2, -0.15) is 4.98 Å². The molecule has 1 aromatic heterocycles. The van der Waals surface area contributed by atoms with Crippen LogP contribution in [0.4, 0.5) is 5.95 Å². The van der Waals surface area contributed by atoms with Crippen LogP contribution < -0.4 is 5.32 Å². The van der Waals surface area contributed by atoms with Gasteiger partial charge in [0, 0.05) is 19.5 Å². The van der Waals surface area contributed by atoms with Crippen molar-refractivity contribution in [2.75, 3.05) is 32.0 Å². The van der Waals surface area contributed by atoms with E-state index in [0.29, 0.717) is 5.95 Å². The van der Waals surface area contributed by atoms with E-state index in [9.17, 15) is 0 Å². The maximum absolute atomic E-state index is 5.13. The van der Waals surface area contributed by atoms with Gasteiger partial charge < -0.3 is 14.7 Å². The van der Waals surface area contributed by atoms with Crippen molar-refractivity contribution in [2.45, 2.75) is 39.0 Å². The molecule has 2 heterocycles. The van der Waals surface area contributed by atoms with Crippen LogP contribution >= 0.6 is 0 Å². The second-order valence-corrected chi connectivity index (χ2v) is 5.25. The number of hydrogen-bond donors (Lipinski definition) is 1. The predicted octanol–water partition coefficient (Wildman–Crippen LogP) is 2.17. The lowest BCUT2D eigenvalue weighted by Gasteiger charge is -2.29. The third-order valence-corrected chi connectivity index (χ3v) is 3.49. The topological polar surface area (TPSA) is 54.2 Å². The first kappa shape index (κ1) is 13.3. The zero-order valence-corrected chi connectivity index (χ0v) is 11.5. The molecule has 0 aromatic carbocycles. The minimum absolute atomic E-state index is 0.641. The molecular formula is C13H24N4O. The van der Waals surface area contributed by atoms with Crippen LogP contribution in [0.1, 0.15) is 38.5 Å². The van der Waals surface area contributed by atoms with Crippen molar-refractivity contribution in [1.82, 2.24) is 15.0 Å². The molecule has 0 unspecified atom stereocenters. The van der Waals surface area contributed by atoms with Gasteiger partial charge in [-0.1, -0.05) is 6.92 Å². The van der Waals surface area contributed by atoms with Crippen molar-refractivity contribution in [3.63, 3.8) is 0 Å². The van der Waals surface area contributed by atoms with Crippen LogP contribution in [0.3, 0.4) is 0 Å². The lowest BCUT2D eigenvalue weighted by atomic mass is 9.95. The number of likely N-dealkylation sites (tertiary alicyclic amines) is 1. The molecule has 0 amide bonds. The molecule has 1 fully saturated rings. The highest BCUT2D eigenvalue weighted by molar-refractivity contribution is 5.20. The molecule has 18 heavy (non-hydrogen) atoms. The number of nitrogens with zero attached hydrogens (tertiary/aromatic N) is 3. The Balaban J connectivity index is 1.67. The monoisotopic (exact) mass is 252 g/mol. The van der Waals surface area contributed by atoms with Gasteiger partial charge in [-0.25, -0.2) is 0 Å². The Morgan fingerprint density at radius 2 is 2.39 bits per heavy atom. The molecule has 0 radical (unpaired) electrons. The van der Waals surface area contributed by atoms with Crippen LogP contribution in [0.15, 0.2) is 4.52 Å². The summed E-state index contributed by atoms with van der Waals surface area (Å²) in [4.78, 5) is 6.72. The fraction of sp³-hybridized carbons (Fsp3) is 0.846. The van der Waals surface area contributed by atoms with E-state index in [2.05, 4.69) is 34.3 Å². The van der Waals surface area contributed by atoms with Gasteiger partial charge in [0.15, 0.2) is 0 Å². The van der Waals surface area contributed by atoms with E-state index in [4.69, 9.17) is 4.52 Å². The average Bonchev–Trinajstić information content (AvgIpc) is 2.78. The largest absolute Gasteiger partial charge is 0.352 e. The van der Waals surface area contributed by atoms with Crippen LogP contribution in [0.25, 0.3) is 0 Å². The van der Waals surface area contributed by atoms with E-state index in [1.54, 1.807) is 0 Å². The summed E-state index contributed by atoms with van der Waals surface area (Å²) in [6.45, 7) is 5.50. The number of piperidine rings is 1. The molecule has 5 nitrogen and oxygen atoms in total. The van der Waals surface area contributed by atoms with E-state index in [1.807, 2.05) is 0 Å². The Kier molecular flexibility index (Phi) is 4.99. The zero-order valence-electron chi connectivity index (χ0n) is 11.5. The quantitative estimate of drug-likeness (QED) is 0.841. The summed E-state index contributed by atoms with van der Waals surface area (Å²) in [5, 5.41) is 7.18. The molecule has 5 heteroatoms. The first-order valence-corrected chi connectivity index (χ1v) is 7.03. The molecule has 2 rings (SSSR count). The van der Waals surface area contributed by atoms with Crippen LogP contribution in [0.5, 0.6) is 0 Å². The minimum Gasteiger partial charge on any atom is -0.352 e. The number of aryl methyl sites for hydroxylation is 1. The molecule has 0 saturated carbocycles.